The molecule has 1 fully saturated rings. The van der Waals surface area contributed by atoms with E-state index in [0.29, 0.717) is 56.1 Å². The Bertz CT molecular complexity index is 1080. The first-order valence-corrected chi connectivity index (χ1v) is 13.3. The van der Waals surface area contributed by atoms with E-state index in [2.05, 4.69) is 10.2 Å². The number of nitrogens with zero attached hydrogens (tertiary/aromatic N) is 2. The van der Waals surface area contributed by atoms with Gasteiger partial charge < -0.3 is 10.1 Å². The largest absolute Gasteiger partial charge is 0.462 e. The van der Waals surface area contributed by atoms with Gasteiger partial charge in [0.1, 0.15) is 0 Å². The van der Waals surface area contributed by atoms with E-state index in [0.717, 1.165) is 18.4 Å². The summed E-state index contributed by atoms with van der Waals surface area (Å²) in [4.78, 5) is 27.0. The number of esters is 1. The lowest BCUT2D eigenvalue weighted by molar-refractivity contribution is 0.0499. The molecule has 0 bridgehead atoms. The number of anilines is 1. The lowest BCUT2D eigenvalue weighted by Gasteiger charge is -2.33. The molecule has 0 saturated carbocycles. The molecule has 0 unspecified atom stereocenters. The molecule has 3 rings (SSSR count). The molecule has 1 amide bonds. The van der Waals surface area contributed by atoms with Crippen LogP contribution < -0.4 is 5.32 Å². The number of hydrogen-bond acceptors (Lipinski definition) is 6. The summed E-state index contributed by atoms with van der Waals surface area (Å²) in [5, 5.41) is 2.86. The van der Waals surface area contributed by atoms with Crippen LogP contribution in [0.3, 0.4) is 0 Å². The molecule has 0 aromatic heterocycles. The molecule has 1 aliphatic heterocycles. The van der Waals surface area contributed by atoms with Crippen molar-refractivity contribution >= 4 is 27.6 Å². The first-order chi connectivity index (χ1) is 16.3. The molecule has 0 atom stereocenters. The topological polar surface area (TPSA) is 96.0 Å². The second-order valence-electron chi connectivity index (χ2n) is 8.30. The highest BCUT2D eigenvalue weighted by molar-refractivity contribution is 7.89. The Hall–Kier alpha value is -2.75. The van der Waals surface area contributed by atoms with Crippen molar-refractivity contribution in [2.45, 2.75) is 33.2 Å². The standard InChI is InChI=1S/C25H33N3O5S/c1-3-5-17-33-25(30)21-9-11-23(12-10-21)26-24(29)22-8-6-7-20(18-22)19-27-13-15-28(16-14-27)34(31,32)4-2/h6-12,18H,3-5,13-17,19H2,1-2H3,(H,26,29). The van der Waals surface area contributed by atoms with E-state index in [9.17, 15) is 18.0 Å². The van der Waals surface area contributed by atoms with Crippen molar-refractivity contribution in [2.75, 3.05) is 43.9 Å². The molecular weight excluding hydrogens is 454 g/mol. The van der Waals surface area contributed by atoms with Crippen molar-refractivity contribution in [2.24, 2.45) is 0 Å². The third kappa shape index (κ3) is 7.12. The Morgan fingerprint density at radius 3 is 2.32 bits per heavy atom. The first kappa shape index (κ1) is 25.9. The zero-order valence-electron chi connectivity index (χ0n) is 19.8. The summed E-state index contributed by atoms with van der Waals surface area (Å²) in [6, 6.07) is 14.1. The van der Waals surface area contributed by atoms with Gasteiger partial charge >= 0.3 is 5.97 Å². The Balaban J connectivity index is 1.54. The molecule has 1 aliphatic rings. The van der Waals surface area contributed by atoms with E-state index >= 15 is 0 Å². The van der Waals surface area contributed by atoms with Gasteiger partial charge in [-0.05, 0) is 55.3 Å². The summed E-state index contributed by atoms with van der Waals surface area (Å²) in [5.41, 5.74) is 2.56. The molecule has 0 radical (unpaired) electrons. The van der Waals surface area contributed by atoms with E-state index in [4.69, 9.17) is 4.74 Å². The van der Waals surface area contributed by atoms with Gasteiger partial charge in [-0.25, -0.2) is 13.2 Å². The maximum atomic E-state index is 12.7. The minimum Gasteiger partial charge on any atom is -0.462 e. The maximum Gasteiger partial charge on any atom is 0.338 e. The highest BCUT2D eigenvalue weighted by Crippen LogP contribution is 2.16. The average Bonchev–Trinajstić information content (AvgIpc) is 2.85. The molecule has 1 heterocycles. The quantitative estimate of drug-likeness (QED) is 0.408. The van der Waals surface area contributed by atoms with Gasteiger partial charge in [0.25, 0.3) is 5.91 Å². The van der Waals surface area contributed by atoms with Gasteiger partial charge in [0.05, 0.1) is 17.9 Å². The van der Waals surface area contributed by atoms with E-state index in [1.54, 1.807) is 41.6 Å². The number of carbonyl (C=O) groups is 2. The van der Waals surface area contributed by atoms with Crippen LogP contribution in [0, 0.1) is 0 Å². The molecule has 8 nitrogen and oxygen atoms in total. The molecule has 184 valence electrons. The van der Waals surface area contributed by atoms with Crippen molar-refractivity contribution in [1.29, 1.82) is 0 Å². The van der Waals surface area contributed by atoms with Crippen LogP contribution in [0.4, 0.5) is 5.69 Å². The van der Waals surface area contributed by atoms with Crippen LogP contribution in [0.25, 0.3) is 0 Å². The van der Waals surface area contributed by atoms with Gasteiger partial charge in [0.15, 0.2) is 0 Å². The number of nitrogens with one attached hydrogen (secondary N) is 1. The number of hydrogen-bond donors (Lipinski definition) is 1. The normalized spacial score (nSPS) is 15.1. The molecule has 1 N–H and O–H groups in total. The zero-order valence-corrected chi connectivity index (χ0v) is 20.6. The summed E-state index contributed by atoms with van der Waals surface area (Å²) in [7, 11) is -3.15. The summed E-state index contributed by atoms with van der Waals surface area (Å²) in [6.07, 6.45) is 1.79. The van der Waals surface area contributed by atoms with E-state index < -0.39 is 10.0 Å². The van der Waals surface area contributed by atoms with E-state index in [1.165, 1.54) is 0 Å². The molecule has 0 spiro atoms. The van der Waals surface area contributed by atoms with Gasteiger partial charge in [0, 0.05) is 44.0 Å². The molecule has 34 heavy (non-hydrogen) atoms. The number of amides is 1. The Morgan fingerprint density at radius 1 is 0.971 bits per heavy atom. The Labute approximate surface area is 201 Å². The van der Waals surface area contributed by atoms with Crippen molar-refractivity contribution in [3.8, 4) is 0 Å². The second kappa shape index (κ2) is 12.1. The number of benzene rings is 2. The number of sulfonamides is 1. The van der Waals surface area contributed by atoms with Crippen LogP contribution in [0.15, 0.2) is 48.5 Å². The van der Waals surface area contributed by atoms with Crippen LogP contribution in [0.5, 0.6) is 0 Å². The lowest BCUT2D eigenvalue weighted by Crippen LogP contribution is -2.48. The Morgan fingerprint density at radius 2 is 1.68 bits per heavy atom. The van der Waals surface area contributed by atoms with Crippen LogP contribution >= 0.6 is 0 Å². The number of unbranched alkanes of at least 4 members (excludes halogenated alkanes) is 1. The molecule has 9 heteroatoms. The number of ether oxygens (including phenoxy) is 1. The summed E-state index contributed by atoms with van der Waals surface area (Å²) >= 11 is 0. The van der Waals surface area contributed by atoms with Crippen molar-refractivity contribution in [3.05, 3.63) is 65.2 Å². The smallest absolute Gasteiger partial charge is 0.338 e. The SMILES string of the molecule is CCCCOC(=O)c1ccc(NC(=O)c2cccc(CN3CCN(S(=O)(=O)CC)CC3)c2)cc1. The highest BCUT2D eigenvalue weighted by atomic mass is 32.2. The third-order valence-corrected chi connectivity index (χ3v) is 7.68. The fraction of sp³-hybridized carbons (Fsp3) is 0.440. The van der Waals surface area contributed by atoms with Gasteiger partial charge in [-0.3, -0.25) is 9.69 Å². The zero-order chi connectivity index (χ0) is 24.6. The molecule has 1 saturated heterocycles. The van der Waals surface area contributed by atoms with Crippen LogP contribution in [-0.2, 0) is 21.3 Å². The monoisotopic (exact) mass is 487 g/mol. The highest BCUT2D eigenvalue weighted by Gasteiger charge is 2.25. The average molecular weight is 488 g/mol. The summed E-state index contributed by atoms with van der Waals surface area (Å²) in [6.45, 7) is 7.02. The van der Waals surface area contributed by atoms with Crippen molar-refractivity contribution in [1.82, 2.24) is 9.21 Å². The Kier molecular flexibility index (Phi) is 9.20. The molecular formula is C25H33N3O5S. The number of rotatable bonds is 10. The predicted octanol–water partition coefficient (Wildman–Crippen LogP) is 3.36. The second-order valence-corrected chi connectivity index (χ2v) is 10.6. The van der Waals surface area contributed by atoms with Gasteiger partial charge in [-0.2, -0.15) is 4.31 Å². The molecule has 2 aromatic rings. The summed E-state index contributed by atoms with van der Waals surface area (Å²) < 4.78 is 30.8. The fourth-order valence-electron chi connectivity index (χ4n) is 3.70. The third-order valence-electron chi connectivity index (χ3n) is 5.79. The van der Waals surface area contributed by atoms with Gasteiger partial charge in [0.2, 0.25) is 10.0 Å². The fourth-order valence-corrected chi connectivity index (χ4v) is 4.79. The van der Waals surface area contributed by atoms with E-state index in [-0.39, 0.29) is 17.6 Å². The lowest BCUT2D eigenvalue weighted by atomic mass is 10.1. The summed E-state index contributed by atoms with van der Waals surface area (Å²) in [5.74, 6) is -0.484. The minimum atomic E-state index is -3.15. The van der Waals surface area contributed by atoms with Crippen molar-refractivity contribution < 1.29 is 22.7 Å². The number of carbonyl (C=O) groups excluding carboxylic acids is 2. The van der Waals surface area contributed by atoms with E-state index in [1.807, 2.05) is 25.1 Å². The first-order valence-electron chi connectivity index (χ1n) is 11.7. The molecule has 2 aromatic carbocycles. The van der Waals surface area contributed by atoms with Crippen LogP contribution in [0.1, 0.15) is 53.0 Å². The number of piperazine rings is 1. The van der Waals surface area contributed by atoms with Gasteiger partial charge in [-0.1, -0.05) is 25.5 Å². The maximum absolute atomic E-state index is 12.7. The minimum absolute atomic E-state index is 0.121. The molecule has 0 aliphatic carbocycles. The van der Waals surface area contributed by atoms with Crippen LogP contribution in [-0.4, -0.2) is 68.0 Å². The van der Waals surface area contributed by atoms with Gasteiger partial charge in [-0.15, -0.1) is 0 Å². The van der Waals surface area contributed by atoms with Crippen molar-refractivity contribution in [3.63, 3.8) is 0 Å². The predicted molar refractivity (Wildman–Crippen MR) is 132 cm³/mol. The van der Waals surface area contributed by atoms with Crippen LogP contribution in [0.2, 0.25) is 0 Å².